The van der Waals surface area contributed by atoms with Crippen molar-refractivity contribution < 1.29 is 14.2 Å². The Morgan fingerprint density at radius 3 is 1.92 bits per heavy atom. The molecule has 2 rings (SSSR count). The van der Waals surface area contributed by atoms with E-state index < -0.39 is 5.60 Å². The summed E-state index contributed by atoms with van der Waals surface area (Å²) in [5, 5.41) is 14.0. The van der Waals surface area contributed by atoms with Crippen LogP contribution in [0.3, 0.4) is 0 Å². The van der Waals surface area contributed by atoms with E-state index in [1.165, 1.54) is 0 Å². The van der Waals surface area contributed by atoms with Crippen LogP contribution in [0, 0.1) is 11.3 Å². The molecule has 0 spiro atoms. The molecule has 0 bridgehead atoms. The van der Waals surface area contributed by atoms with Crippen LogP contribution in [0.25, 0.3) is 5.01 Å². The number of hydrogen-bond acceptors (Lipinski definition) is 4. The summed E-state index contributed by atoms with van der Waals surface area (Å²) in [4.78, 5) is 0. The Bertz CT molecular complexity index is 610. The van der Waals surface area contributed by atoms with E-state index in [1.807, 2.05) is 60.7 Å². The summed E-state index contributed by atoms with van der Waals surface area (Å²) >= 11 is 0. The highest BCUT2D eigenvalue weighted by Crippen LogP contribution is 2.33. The molecule has 5 heteroatoms. The monoisotopic (exact) mass is 327 g/mol. The quantitative estimate of drug-likeness (QED) is 0.523. The number of methoxy groups -OCH3 is 1. The van der Waals surface area contributed by atoms with Gasteiger partial charge in [0.25, 0.3) is 5.60 Å². The van der Waals surface area contributed by atoms with Gasteiger partial charge in [0.15, 0.2) is 0 Å². The van der Waals surface area contributed by atoms with Gasteiger partial charge in [-0.3, -0.25) is 0 Å². The topological polar surface area (TPSA) is 55.1 Å². The molecular weight excluding hydrogens is 306 g/mol. The van der Waals surface area contributed by atoms with Crippen molar-refractivity contribution in [2.75, 3.05) is 33.5 Å². The second-order valence-corrected chi connectivity index (χ2v) is 5.07. The Balaban J connectivity index is 2.24. The standard InChI is InChI=1S/C19H21NO4/c1-22-12-13-23-14-15-24-19(16-20-21,17-8-4-2-5-9-17)18-10-6-3-7-11-18/h2-11H,12-15H2,1H3. The molecule has 0 aliphatic heterocycles. The molecule has 0 aromatic heterocycles. The predicted molar refractivity (Wildman–Crippen MR) is 92.9 cm³/mol. The average molecular weight is 327 g/mol. The van der Waals surface area contributed by atoms with Gasteiger partial charge in [-0.25, -0.2) is 0 Å². The molecule has 0 saturated carbocycles. The van der Waals surface area contributed by atoms with Crippen LogP contribution in [0.2, 0.25) is 0 Å². The summed E-state index contributed by atoms with van der Waals surface area (Å²) in [6.45, 7) is 1.68. The minimum atomic E-state index is -1.16. The largest absolute Gasteiger partial charge is 0.498 e. The van der Waals surface area contributed by atoms with Crippen LogP contribution >= 0.6 is 0 Å². The summed E-state index contributed by atoms with van der Waals surface area (Å²) in [5.41, 5.74) is 0.412. The van der Waals surface area contributed by atoms with E-state index in [-0.39, 0.29) is 6.61 Å². The van der Waals surface area contributed by atoms with Crippen LogP contribution in [0.5, 0.6) is 0 Å². The third-order valence-electron chi connectivity index (χ3n) is 3.54. The van der Waals surface area contributed by atoms with Gasteiger partial charge in [-0.05, 0) is 0 Å². The second-order valence-electron chi connectivity index (χ2n) is 5.07. The molecule has 2 aromatic carbocycles. The van der Waals surface area contributed by atoms with Crippen molar-refractivity contribution in [3.8, 4) is 6.07 Å². The van der Waals surface area contributed by atoms with Crippen molar-refractivity contribution in [3.63, 3.8) is 0 Å². The highest BCUT2D eigenvalue weighted by atomic mass is 16.5. The number of ether oxygens (including phenoxy) is 3. The zero-order valence-corrected chi connectivity index (χ0v) is 13.7. The lowest BCUT2D eigenvalue weighted by molar-refractivity contribution is -0.0225. The smallest absolute Gasteiger partial charge is 0.344 e. The van der Waals surface area contributed by atoms with E-state index in [4.69, 9.17) is 14.2 Å². The fraction of sp³-hybridized carbons (Fsp3) is 0.316. The first-order valence-electron chi connectivity index (χ1n) is 7.74. The first-order valence-corrected chi connectivity index (χ1v) is 7.74. The molecule has 0 amide bonds. The molecule has 2 aromatic rings. The van der Waals surface area contributed by atoms with Crippen LogP contribution in [0.1, 0.15) is 11.1 Å². The third kappa shape index (κ3) is 4.56. The van der Waals surface area contributed by atoms with Gasteiger partial charge >= 0.3 is 6.07 Å². The minimum Gasteiger partial charge on any atom is -0.498 e. The summed E-state index contributed by atoms with van der Waals surface area (Å²) in [6.07, 6.45) is 0. The molecule has 0 unspecified atom stereocenters. The molecule has 0 radical (unpaired) electrons. The maximum absolute atomic E-state index is 11.1. The van der Waals surface area contributed by atoms with Gasteiger partial charge in [0.05, 0.1) is 26.4 Å². The minimum absolute atomic E-state index is 0.288. The lowest BCUT2D eigenvalue weighted by Gasteiger charge is -2.25. The van der Waals surface area contributed by atoms with Crippen LogP contribution in [0.15, 0.2) is 60.7 Å². The highest BCUT2D eigenvalue weighted by Gasteiger charge is 2.40. The molecule has 0 N–H and O–H groups in total. The van der Waals surface area contributed by atoms with Crippen molar-refractivity contribution in [1.29, 1.82) is 0 Å². The van der Waals surface area contributed by atoms with Crippen molar-refractivity contribution in [2.45, 2.75) is 5.60 Å². The number of rotatable bonds is 9. The summed E-state index contributed by atoms with van der Waals surface area (Å²) in [7, 11) is 1.62. The van der Waals surface area contributed by atoms with E-state index in [0.717, 1.165) is 11.1 Å². The molecule has 0 aliphatic carbocycles. The molecule has 126 valence electrons. The van der Waals surface area contributed by atoms with Gasteiger partial charge in [0, 0.05) is 23.2 Å². The Labute approximate surface area is 142 Å². The Morgan fingerprint density at radius 2 is 1.42 bits per heavy atom. The van der Waals surface area contributed by atoms with Crippen LogP contribution < -0.4 is 0 Å². The second kappa shape index (κ2) is 9.68. The van der Waals surface area contributed by atoms with E-state index in [1.54, 1.807) is 7.11 Å². The van der Waals surface area contributed by atoms with Crippen molar-refractivity contribution in [3.05, 3.63) is 82.0 Å². The van der Waals surface area contributed by atoms with Gasteiger partial charge in [0.1, 0.15) is 0 Å². The van der Waals surface area contributed by atoms with Gasteiger partial charge < -0.3 is 19.4 Å². The van der Waals surface area contributed by atoms with Crippen molar-refractivity contribution in [2.24, 2.45) is 0 Å². The maximum atomic E-state index is 11.1. The van der Waals surface area contributed by atoms with Crippen LogP contribution in [-0.2, 0) is 19.8 Å². The summed E-state index contributed by atoms with van der Waals surface area (Å²) < 4.78 is 16.4. The normalized spacial score (nSPS) is 10.9. The molecule has 0 saturated heterocycles. The van der Waals surface area contributed by atoms with Crippen molar-refractivity contribution in [1.82, 2.24) is 0 Å². The van der Waals surface area contributed by atoms with E-state index in [9.17, 15) is 5.21 Å². The zero-order chi connectivity index (χ0) is 17.1. The van der Waals surface area contributed by atoms with E-state index >= 15 is 0 Å². The predicted octanol–water partition coefficient (Wildman–Crippen LogP) is 3.44. The van der Waals surface area contributed by atoms with E-state index in [2.05, 4.69) is 11.1 Å². The Kier molecular flexibility index (Phi) is 7.24. The molecule has 5 nitrogen and oxygen atoms in total. The lowest BCUT2D eigenvalue weighted by Crippen LogP contribution is -2.31. The highest BCUT2D eigenvalue weighted by molar-refractivity contribution is 5.43. The number of hydrogen-bond donors (Lipinski definition) is 0. The SMILES string of the molecule is COCCOCCOC(C#[N+][O-])(c1ccccc1)c1ccccc1. The van der Waals surface area contributed by atoms with Crippen LogP contribution in [-0.4, -0.2) is 33.5 Å². The summed E-state index contributed by atoms with van der Waals surface area (Å²) in [5.74, 6) is 0. The van der Waals surface area contributed by atoms with Crippen molar-refractivity contribution >= 4 is 0 Å². The van der Waals surface area contributed by atoms with E-state index in [0.29, 0.717) is 19.8 Å². The fourth-order valence-electron chi connectivity index (χ4n) is 2.40. The molecule has 0 aliphatic rings. The first-order chi connectivity index (χ1) is 11.8. The van der Waals surface area contributed by atoms with Gasteiger partial charge in [-0.2, -0.15) is 0 Å². The third-order valence-corrected chi connectivity index (χ3v) is 3.54. The average Bonchev–Trinajstić information content (AvgIpc) is 2.65. The molecule has 0 atom stereocenters. The molecule has 24 heavy (non-hydrogen) atoms. The Hall–Kier alpha value is -2.39. The lowest BCUT2D eigenvalue weighted by atomic mass is 9.87. The number of benzene rings is 2. The summed E-state index contributed by atoms with van der Waals surface area (Å²) in [6, 6.07) is 21.5. The van der Waals surface area contributed by atoms with Gasteiger partial charge in [-0.15, -0.1) is 0 Å². The zero-order valence-electron chi connectivity index (χ0n) is 13.7. The van der Waals surface area contributed by atoms with Gasteiger partial charge in [-0.1, -0.05) is 60.7 Å². The van der Waals surface area contributed by atoms with Gasteiger partial charge in [0.2, 0.25) is 0 Å². The molecule has 0 heterocycles. The number of nitrogens with zero attached hydrogens (tertiary/aromatic N) is 1. The molecule has 0 fully saturated rings. The van der Waals surface area contributed by atoms with Crippen LogP contribution in [0.4, 0.5) is 0 Å². The fourth-order valence-corrected chi connectivity index (χ4v) is 2.40. The Morgan fingerprint density at radius 1 is 0.875 bits per heavy atom. The maximum Gasteiger partial charge on any atom is 0.344 e. The first kappa shape index (κ1) is 18.0. The molecular formula is C19H21NO4.